The van der Waals surface area contributed by atoms with Gasteiger partial charge in [0, 0.05) is 6.54 Å². The predicted octanol–water partition coefficient (Wildman–Crippen LogP) is 0.879. The summed E-state index contributed by atoms with van der Waals surface area (Å²) in [6.07, 6.45) is 0.505. The van der Waals surface area contributed by atoms with Crippen LogP contribution in [0.25, 0.3) is 0 Å². The van der Waals surface area contributed by atoms with Crippen molar-refractivity contribution in [1.29, 1.82) is 0 Å². The number of hydrogen-bond acceptors (Lipinski definition) is 3. The highest BCUT2D eigenvalue weighted by Gasteiger charge is 2.22. The molecule has 1 amide bonds. The van der Waals surface area contributed by atoms with Crippen molar-refractivity contribution < 1.29 is 14.7 Å². The third-order valence-corrected chi connectivity index (χ3v) is 1.92. The molecule has 0 aliphatic heterocycles. The maximum atomic E-state index is 11.1. The second-order valence-electron chi connectivity index (χ2n) is 4.75. The molecular formula is C11H21NO3. The summed E-state index contributed by atoms with van der Waals surface area (Å²) in [5.74, 6) is -0.132. The van der Waals surface area contributed by atoms with Gasteiger partial charge in [-0.1, -0.05) is 13.8 Å². The summed E-state index contributed by atoms with van der Waals surface area (Å²) in [6, 6.07) is 0. The van der Waals surface area contributed by atoms with E-state index in [1.54, 1.807) is 6.92 Å². The number of amides is 1. The topological polar surface area (TPSA) is 66.4 Å². The standard InChI is InChI=1S/C11H21NO3/c1-8(2)6-11(4,15)7-12-10(14)5-9(3)13/h8,15H,5-7H2,1-4H3,(H,12,14). The molecule has 0 aromatic heterocycles. The molecule has 4 nitrogen and oxygen atoms in total. The lowest BCUT2D eigenvalue weighted by atomic mass is 9.94. The van der Waals surface area contributed by atoms with Gasteiger partial charge >= 0.3 is 0 Å². The van der Waals surface area contributed by atoms with E-state index in [-0.39, 0.29) is 24.7 Å². The highest BCUT2D eigenvalue weighted by atomic mass is 16.3. The number of ketones is 1. The van der Waals surface area contributed by atoms with Crippen molar-refractivity contribution in [3.8, 4) is 0 Å². The van der Waals surface area contributed by atoms with Gasteiger partial charge in [0.25, 0.3) is 0 Å². The molecule has 2 N–H and O–H groups in total. The number of nitrogens with one attached hydrogen (secondary N) is 1. The molecule has 0 radical (unpaired) electrons. The summed E-state index contributed by atoms with van der Waals surface area (Å²) in [7, 11) is 0. The number of carbonyl (C=O) groups is 2. The van der Waals surface area contributed by atoms with Gasteiger partial charge in [0.1, 0.15) is 5.78 Å². The van der Waals surface area contributed by atoms with Crippen LogP contribution in [0.3, 0.4) is 0 Å². The first-order chi connectivity index (χ1) is 6.73. The normalized spacial score (nSPS) is 14.8. The first kappa shape index (κ1) is 14.1. The molecule has 88 valence electrons. The van der Waals surface area contributed by atoms with Crippen molar-refractivity contribution in [3.05, 3.63) is 0 Å². The van der Waals surface area contributed by atoms with E-state index in [9.17, 15) is 14.7 Å². The van der Waals surface area contributed by atoms with Crippen LogP contribution in [0, 0.1) is 5.92 Å². The highest BCUT2D eigenvalue weighted by molar-refractivity contribution is 5.96. The average molecular weight is 215 g/mol. The number of aliphatic hydroxyl groups is 1. The minimum absolute atomic E-state index is 0.113. The Bertz CT molecular complexity index is 234. The summed E-state index contributed by atoms with van der Waals surface area (Å²) in [5, 5.41) is 12.4. The summed E-state index contributed by atoms with van der Waals surface area (Å²) >= 11 is 0. The van der Waals surface area contributed by atoms with Crippen LogP contribution in [0.2, 0.25) is 0 Å². The van der Waals surface area contributed by atoms with E-state index >= 15 is 0 Å². The molecule has 1 unspecified atom stereocenters. The number of hydrogen-bond donors (Lipinski definition) is 2. The first-order valence-electron chi connectivity index (χ1n) is 5.21. The lowest BCUT2D eigenvalue weighted by Gasteiger charge is -2.25. The second-order valence-corrected chi connectivity index (χ2v) is 4.75. The molecule has 0 aromatic rings. The molecular weight excluding hydrogens is 194 g/mol. The highest BCUT2D eigenvalue weighted by Crippen LogP contribution is 2.14. The van der Waals surface area contributed by atoms with Crippen molar-refractivity contribution >= 4 is 11.7 Å². The molecule has 0 saturated carbocycles. The Morgan fingerprint density at radius 1 is 1.40 bits per heavy atom. The molecule has 0 saturated heterocycles. The molecule has 0 rings (SSSR count). The zero-order valence-electron chi connectivity index (χ0n) is 9.96. The molecule has 0 spiro atoms. The minimum atomic E-state index is -0.902. The molecule has 1 atom stereocenters. The Labute approximate surface area is 91.1 Å². The van der Waals surface area contributed by atoms with Gasteiger partial charge < -0.3 is 10.4 Å². The first-order valence-corrected chi connectivity index (χ1v) is 5.21. The zero-order valence-corrected chi connectivity index (χ0v) is 9.96. The maximum Gasteiger partial charge on any atom is 0.227 e. The summed E-state index contributed by atoms with van der Waals surface area (Å²) < 4.78 is 0. The number of carbonyl (C=O) groups excluding carboxylic acids is 2. The molecule has 0 bridgehead atoms. The van der Waals surface area contributed by atoms with Crippen LogP contribution in [0.4, 0.5) is 0 Å². The predicted molar refractivity (Wildman–Crippen MR) is 58.4 cm³/mol. The van der Waals surface area contributed by atoms with Crippen LogP contribution in [0.1, 0.15) is 40.5 Å². The zero-order chi connectivity index (χ0) is 12.1. The molecule has 0 aromatic carbocycles. The van der Waals surface area contributed by atoms with Gasteiger partial charge in [-0.3, -0.25) is 9.59 Å². The van der Waals surface area contributed by atoms with E-state index in [4.69, 9.17) is 0 Å². The van der Waals surface area contributed by atoms with Crippen molar-refractivity contribution in [3.63, 3.8) is 0 Å². The van der Waals surface area contributed by atoms with E-state index in [1.165, 1.54) is 6.92 Å². The molecule has 4 heteroatoms. The van der Waals surface area contributed by atoms with E-state index in [0.29, 0.717) is 12.3 Å². The molecule has 0 aliphatic rings. The molecule has 0 heterocycles. The fourth-order valence-corrected chi connectivity index (χ4v) is 1.53. The average Bonchev–Trinajstić information content (AvgIpc) is 1.97. The molecule has 15 heavy (non-hydrogen) atoms. The van der Waals surface area contributed by atoms with E-state index in [1.807, 2.05) is 13.8 Å². The van der Waals surface area contributed by atoms with Gasteiger partial charge in [0.05, 0.1) is 12.0 Å². The lowest BCUT2D eigenvalue weighted by molar-refractivity contribution is -0.128. The van der Waals surface area contributed by atoms with Crippen molar-refractivity contribution in [2.45, 2.75) is 46.1 Å². The van der Waals surface area contributed by atoms with Crippen LogP contribution in [-0.2, 0) is 9.59 Å². The van der Waals surface area contributed by atoms with E-state index in [0.717, 1.165) is 0 Å². The summed E-state index contributed by atoms with van der Waals surface area (Å²) in [6.45, 7) is 7.25. The SMILES string of the molecule is CC(=O)CC(=O)NCC(C)(O)CC(C)C. The van der Waals surface area contributed by atoms with Gasteiger partial charge in [-0.15, -0.1) is 0 Å². The van der Waals surface area contributed by atoms with Gasteiger partial charge in [-0.25, -0.2) is 0 Å². The van der Waals surface area contributed by atoms with Crippen LogP contribution < -0.4 is 5.32 Å². The third-order valence-electron chi connectivity index (χ3n) is 1.92. The van der Waals surface area contributed by atoms with E-state index < -0.39 is 5.60 Å². The Morgan fingerprint density at radius 3 is 2.33 bits per heavy atom. The largest absolute Gasteiger partial charge is 0.388 e. The minimum Gasteiger partial charge on any atom is -0.388 e. The van der Waals surface area contributed by atoms with Crippen molar-refractivity contribution in [2.24, 2.45) is 5.92 Å². The molecule has 0 aliphatic carbocycles. The lowest BCUT2D eigenvalue weighted by Crippen LogP contribution is -2.41. The Morgan fingerprint density at radius 2 is 1.93 bits per heavy atom. The van der Waals surface area contributed by atoms with Crippen LogP contribution in [-0.4, -0.2) is 28.9 Å². The van der Waals surface area contributed by atoms with Gasteiger partial charge in [-0.05, 0) is 26.2 Å². The summed E-state index contributed by atoms with van der Waals surface area (Å²) in [4.78, 5) is 21.8. The summed E-state index contributed by atoms with van der Waals surface area (Å²) in [5.41, 5.74) is -0.902. The van der Waals surface area contributed by atoms with Gasteiger partial charge in [0.2, 0.25) is 5.91 Å². The van der Waals surface area contributed by atoms with E-state index in [2.05, 4.69) is 5.32 Å². The van der Waals surface area contributed by atoms with Crippen LogP contribution >= 0.6 is 0 Å². The van der Waals surface area contributed by atoms with Crippen molar-refractivity contribution in [2.75, 3.05) is 6.54 Å². The fourth-order valence-electron chi connectivity index (χ4n) is 1.53. The van der Waals surface area contributed by atoms with Crippen LogP contribution in [0.5, 0.6) is 0 Å². The Hall–Kier alpha value is -0.900. The smallest absolute Gasteiger partial charge is 0.227 e. The quantitative estimate of drug-likeness (QED) is 0.646. The second kappa shape index (κ2) is 5.85. The Balaban J connectivity index is 3.92. The fraction of sp³-hybridized carbons (Fsp3) is 0.818. The van der Waals surface area contributed by atoms with Crippen LogP contribution in [0.15, 0.2) is 0 Å². The Kier molecular flexibility index (Phi) is 5.50. The maximum absolute atomic E-state index is 11.1. The molecule has 0 fully saturated rings. The van der Waals surface area contributed by atoms with Gasteiger partial charge in [0.15, 0.2) is 0 Å². The monoisotopic (exact) mass is 215 g/mol. The number of Topliss-reactive ketones (excluding diaryl/α,β-unsaturated/α-hetero) is 1. The van der Waals surface area contributed by atoms with Gasteiger partial charge in [-0.2, -0.15) is 0 Å². The number of rotatable bonds is 6. The third kappa shape index (κ3) is 8.12. The van der Waals surface area contributed by atoms with Crippen molar-refractivity contribution in [1.82, 2.24) is 5.32 Å².